The van der Waals surface area contributed by atoms with Crippen LogP contribution in [0.3, 0.4) is 0 Å². The fourth-order valence-electron chi connectivity index (χ4n) is 8.14. The first-order chi connectivity index (χ1) is 16.4. The van der Waals surface area contributed by atoms with E-state index in [2.05, 4.69) is 27.7 Å². The first kappa shape index (κ1) is 24.5. The average Bonchev–Trinajstić information content (AvgIpc) is 3.65. The third-order valence-corrected chi connectivity index (χ3v) is 10.1. The highest BCUT2D eigenvalue weighted by Crippen LogP contribution is 2.58. The van der Waals surface area contributed by atoms with Gasteiger partial charge in [0, 0.05) is 11.8 Å². The van der Waals surface area contributed by atoms with E-state index in [1.807, 2.05) is 0 Å². The second kappa shape index (κ2) is 9.38. The lowest BCUT2D eigenvalue weighted by atomic mass is 9.65. The summed E-state index contributed by atoms with van der Waals surface area (Å²) in [6, 6.07) is 0. The molecule has 2 bridgehead atoms. The maximum atomic E-state index is 13.8. The second-order valence-electron chi connectivity index (χ2n) is 11.6. The number of ether oxygens (including phenoxy) is 4. The third kappa shape index (κ3) is 3.82. The zero-order valence-electron chi connectivity index (χ0n) is 21.6. The minimum Gasteiger partial charge on any atom is -0.459 e. The van der Waals surface area contributed by atoms with Gasteiger partial charge in [0.2, 0.25) is 0 Å². The fourth-order valence-corrected chi connectivity index (χ4v) is 8.14. The molecule has 5 fully saturated rings. The lowest BCUT2D eigenvalue weighted by Crippen LogP contribution is -2.51. The van der Waals surface area contributed by atoms with Gasteiger partial charge in [-0.1, -0.05) is 27.7 Å². The molecule has 0 aromatic carbocycles. The number of carbonyl (C=O) groups excluding carboxylic acids is 2. The molecule has 2 aliphatic carbocycles. The molecule has 192 valence electrons. The molecular weight excluding hydrogens is 432 g/mol. The van der Waals surface area contributed by atoms with Crippen LogP contribution < -0.4 is 0 Å². The molecule has 5 rings (SSSR count). The minimum atomic E-state index is -0.591. The quantitative estimate of drug-likeness (QED) is 0.440. The molecule has 0 radical (unpaired) electrons. The van der Waals surface area contributed by atoms with Crippen molar-refractivity contribution in [2.75, 3.05) is 0 Å². The average molecular weight is 477 g/mol. The highest BCUT2D eigenvalue weighted by molar-refractivity contribution is 5.85. The van der Waals surface area contributed by atoms with Gasteiger partial charge in [-0.05, 0) is 77.0 Å². The lowest BCUT2D eigenvalue weighted by Gasteiger charge is -2.38. The first-order valence-corrected chi connectivity index (χ1v) is 14.2. The molecule has 2 saturated carbocycles. The summed E-state index contributed by atoms with van der Waals surface area (Å²) in [7, 11) is 0. The Labute approximate surface area is 204 Å². The van der Waals surface area contributed by atoms with Gasteiger partial charge >= 0.3 is 11.9 Å². The van der Waals surface area contributed by atoms with Crippen LogP contribution in [0.1, 0.15) is 105 Å². The van der Waals surface area contributed by atoms with Crippen molar-refractivity contribution in [1.82, 2.24) is 0 Å². The van der Waals surface area contributed by atoms with Crippen molar-refractivity contribution >= 4 is 11.9 Å². The smallest absolute Gasteiger partial charge is 0.313 e. The van der Waals surface area contributed by atoms with Crippen LogP contribution >= 0.6 is 0 Å². The van der Waals surface area contributed by atoms with Crippen LogP contribution in [0.15, 0.2) is 0 Å². The highest BCUT2D eigenvalue weighted by Gasteiger charge is 2.70. The molecule has 3 saturated heterocycles. The van der Waals surface area contributed by atoms with E-state index in [4.69, 9.17) is 18.9 Å². The SMILES string of the molecule is CCC1OC(CC)C2C3OC(C(C(=O)OC4(CC)CCCC4)C3C(=O)OC3(CC)CCCC3)C12. The molecule has 0 aromatic heterocycles. The van der Waals surface area contributed by atoms with Crippen LogP contribution in [0.2, 0.25) is 0 Å². The van der Waals surface area contributed by atoms with E-state index in [9.17, 15) is 9.59 Å². The summed E-state index contributed by atoms with van der Waals surface area (Å²) >= 11 is 0. The summed E-state index contributed by atoms with van der Waals surface area (Å²) < 4.78 is 25.6. The summed E-state index contributed by atoms with van der Waals surface area (Å²) in [5.41, 5.74) is -0.768. The standard InChI is InChI=1S/C28H44O6/c1-5-17-19-20(18(6-2)31-17)24-22(26(30)34-28(8-4)15-11-12-16-28)21(23(19)32-24)25(29)33-27(7-3)13-9-10-14-27/h17-24H,5-16H2,1-4H3. The summed E-state index contributed by atoms with van der Waals surface area (Å²) in [5.74, 6) is -1.38. The molecule has 34 heavy (non-hydrogen) atoms. The van der Waals surface area contributed by atoms with Crippen LogP contribution in [-0.2, 0) is 28.5 Å². The number of rotatable bonds is 8. The second-order valence-corrected chi connectivity index (χ2v) is 11.6. The maximum absolute atomic E-state index is 13.8. The molecule has 6 heteroatoms. The van der Waals surface area contributed by atoms with Crippen LogP contribution in [0.25, 0.3) is 0 Å². The molecular formula is C28H44O6. The fraction of sp³-hybridized carbons (Fsp3) is 0.929. The summed E-state index contributed by atoms with van der Waals surface area (Å²) in [6.45, 7) is 8.49. The van der Waals surface area contributed by atoms with Gasteiger partial charge in [0.25, 0.3) is 0 Å². The molecule has 5 aliphatic rings. The maximum Gasteiger partial charge on any atom is 0.313 e. The Balaban J connectivity index is 1.44. The van der Waals surface area contributed by atoms with Gasteiger partial charge in [0.15, 0.2) is 0 Å². The predicted octanol–water partition coefficient (Wildman–Crippen LogP) is 5.35. The summed E-state index contributed by atoms with van der Waals surface area (Å²) in [4.78, 5) is 27.7. The molecule has 6 nitrogen and oxygen atoms in total. The molecule has 0 spiro atoms. The molecule has 0 amide bonds. The Hall–Kier alpha value is -1.14. The zero-order chi connectivity index (χ0) is 24.1. The Kier molecular flexibility index (Phi) is 6.78. The topological polar surface area (TPSA) is 71.1 Å². The van der Waals surface area contributed by atoms with E-state index in [1.54, 1.807) is 0 Å². The van der Waals surface area contributed by atoms with Crippen molar-refractivity contribution in [3.63, 3.8) is 0 Å². The first-order valence-electron chi connectivity index (χ1n) is 14.2. The van der Waals surface area contributed by atoms with Gasteiger partial charge in [-0.3, -0.25) is 9.59 Å². The Bertz CT molecular complexity index is 705. The zero-order valence-corrected chi connectivity index (χ0v) is 21.6. The largest absolute Gasteiger partial charge is 0.459 e. The minimum absolute atomic E-state index is 0.0700. The molecule has 0 aromatic rings. The van der Waals surface area contributed by atoms with Crippen molar-refractivity contribution in [3.05, 3.63) is 0 Å². The van der Waals surface area contributed by atoms with Crippen molar-refractivity contribution in [2.45, 2.75) is 140 Å². The number of hydrogen-bond acceptors (Lipinski definition) is 6. The van der Waals surface area contributed by atoms with Crippen LogP contribution in [-0.4, -0.2) is 47.6 Å². The Morgan fingerprint density at radius 1 is 0.676 bits per heavy atom. The van der Waals surface area contributed by atoms with Gasteiger partial charge in [-0.2, -0.15) is 0 Å². The van der Waals surface area contributed by atoms with Crippen molar-refractivity contribution in [1.29, 1.82) is 0 Å². The molecule has 8 atom stereocenters. The van der Waals surface area contributed by atoms with Gasteiger partial charge < -0.3 is 18.9 Å². The summed E-state index contributed by atoms with van der Waals surface area (Å²) in [5, 5.41) is 0. The predicted molar refractivity (Wildman–Crippen MR) is 127 cm³/mol. The molecule has 0 N–H and O–H groups in total. The molecule has 3 heterocycles. The van der Waals surface area contributed by atoms with E-state index >= 15 is 0 Å². The molecule has 3 aliphatic heterocycles. The number of fused-ring (bicyclic) bond motifs is 5. The van der Waals surface area contributed by atoms with Crippen LogP contribution in [0.5, 0.6) is 0 Å². The van der Waals surface area contributed by atoms with Crippen molar-refractivity contribution < 1.29 is 28.5 Å². The van der Waals surface area contributed by atoms with Gasteiger partial charge in [-0.25, -0.2) is 0 Å². The van der Waals surface area contributed by atoms with Gasteiger partial charge in [-0.15, -0.1) is 0 Å². The van der Waals surface area contributed by atoms with Crippen molar-refractivity contribution in [2.24, 2.45) is 23.7 Å². The van der Waals surface area contributed by atoms with E-state index < -0.39 is 11.8 Å². The monoisotopic (exact) mass is 476 g/mol. The number of hydrogen-bond donors (Lipinski definition) is 0. The van der Waals surface area contributed by atoms with Gasteiger partial charge in [0.1, 0.15) is 11.2 Å². The Morgan fingerprint density at radius 2 is 1.06 bits per heavy atom. The Morgan fingerprint density at radius 3 is 1.38 bits per heavy atom. The van der Waals surface area contributed by atoms with E-state index in [0.717, 1.165) is 77.0 Å². The van der Waals surface area contributed by atoms with Crippen LogP contribution in [0, 0.1) is 23.7 Å². The molecule has 8 unspecified atom stereocenters. The van der Waals surface area contributed by atoms with Crippen LogP contribution in [0.4, 0.5) is 0 Å². The summed E-state index contributed by atoms with van der Waals surface area (Å²) in [6.07, 6.45) is 10.9. The van der Waals surface area contributed by atoms with E-state index in [0.29, 0.717) is 0 Å². The lowest BCUT2D eigenvalue weighted by molar-refractivity contribution is -0.180. The highest BCUT2D eigenvalue weighted by atomic mass is 16.6. The third-order valence-electron chi connectivity index (χ3n) is 10.1. The normalized spacial score (nSPS) is 41.5. The van der Waals surface area contributed by atoms with Crippen molar-refractivity contribution in [3.8, 4) is 0 Å². The van der Waals surface area contributed by atoms with Gasteiger partial charge in [0.05, 0.1) is 36.3 Å². The number of esters is 2. The number of carbonyl (C=O) groups is 2. The van der Waals surface area contributed by atoms with E-state index in [1.165, 1.54) is 0 Å². The van der Waals surface area contributed by atoms with E-state index in [-0.39, 0.29) is 59.4 Å².